The lowest BCUT2D eigenvalue weighted by atomic mass is 10.1. The number of hydrogen-bond acceptors (Lipinski definition) is 11. The molecule has 2 aliphatic rings. The first kappa shape index (κ1) is 24.4. The molecule has 1 saturated heterocycles. The molecule has 2 amide bonds. The van der Waals surface area contributed by atoms with Crippen molar-refractivity contribution in [2.75, 3.05) is 13.7 Å². The topological polar surface area (TPSA) is 216 Å². The van der Waals surface area contributed by atoms with Crippen LogP contribution in [-0.2, 0) is 9.53 Å². The maximum atomic E-state index is 13.1. The maximum absolute atomic E-state index is 13.1. The van der Waals surface area contributed by atoms with Crippen molar-refractivity contribution in [3.8, 4) is 5.75 Å². The second kappa shape index (κ2) is 10.1. The van der Waals surface area contributed by atoms with Gasteiger partial charge in [-0.15, -0.1) is 0 Å². The Hall–Kier alpha value is -3.23. The van der Waals surface area contributed by atoms with E-state index in [-0.39, 0.29) is 23.0 Å². The van der Waals surface area contributed by atoms with E-state index >= 15 is 0 Å². The van der Waals surface area contributed by atoms with Crippen molar-refractivity contribution in [1.82, 2.24) is 15.6 Å². The number of methoxy groups -OCH3 is 1. The molecule has 4 unspecified atom stereocenters. The minimum Gasteiger partial charge on any atom is -0.497 e. The maximum Gasteiger partial charge on any atom is 0.288 e. The number of carbonyl (C=O) groups excluding carboxylic acids is 2. The predicted molar refractivity (Wildman–Crippen MR) is 114 cm³/mol. The molecule has 1 aromatic rings. The highest BCUT2D eigenvalue weighted by Gasteiger charge is 2.47. The van der Waals surface area contributed by atoms with Crippen LogP contribution in [0.4, 0.5) is 0 Å². The molecule has 10 N–H and O–H groups in total. The number of benzene rings is 1. The van der Waals surface area contributed by atoms with Gasteiger partial charge in [0.2, 0.25) is 0 Å². The summed E-state index contributed by atoms with van der Waals surface area (Å²) in [4.78, 5) is 25.5. The highest BCUT2D eigenvalue weighted by atomic mass is 16.6. The average molecular weight is 464 g/mol. The van der Waals surface area contributed by atoms with E-state index < -0.39 is 48.8 Å². The standard InChI is InChI=1S/C20H28N6O7/c1-32-11-6-2-9(3-7-11)18(30)25-17(22)13(21)14(24-10-4-5-10)19(31)26(23)20-16(29)15(28)12(8-27)33-20/h2-3,6-7,10,12,15-16,20,24,27-29H,4-5,8,21,23H2,1H3,(H2,22,25,30)/b14-13+. The highest BCUT2D eigenvalue weighted by molar-refractivity contribution is 6.13. The Labute approximate surface area is 189 Å². The van der Waals surface area contributed by atoms with Crippen molar-refractivity contribution >= 4 is 17.6 Å². The van der Waals surface area contributed by atoms with E-state index in [9.17, 15) is 24.9 Å². The summed E-state index contributed by atoms with van der Waals surface area (Å²) in [5, 5.41) is 43.2. The molecule has 1 aliphatic carbocycles. The number of nitrogens with one attached hydrogen (secondary N) is 3. The zero-order chi connectivity index (χ0) is 24.3. The second-order valence-electron chi connectivity index (χ2n) is 7.71. The molecular weight excluding hydrogens is 436 g/mol. The zero-order valence-electron chi connectivity index (χ0n) is 17.9. The van der Waals surface area contributed by atoms with Crippen LogP contribution < -0.4 is 26.9 Å². The lowest BCUT2D eigenvalue weighted by molar-refractivity contribution is -0.150. The summed E-state index contributed by atoms with van der Waals surface area (Å²) in [5.41, 5.74) is 5.62. The molecule has 4 atom stereocenters. The molecule has 1 aliphatic heterocycles. The van der Waals surface area contributed by atoms with Gasteiger partial charge in [0, 0.05) is 11.6 Å². The summed E-state index contributed by atoms with van der Waals surface area (Å²) in [6, 6.07) is 6.08. The summed E-state index contributed by atoms with van der Waals surface area (Å²) in [5.74, 6) is 4.30. The first-order valence-electron chi connectivity index (χ1n) is 10.2. The highest BCUT2D eigenvalue weighted by Crippen LogP contribution is 2.25. The van der Waals surface area contributed by atoms with Gasteiger partial charge in [-0.3, -0.25) is 15.0 Å². The minimum absolute atomic E-state index is 0.0776. The van der Waals surface area contributed by atoms with Crippen LogP contribution in [0, 0.1) is 5.41 Å². The summed E-state index contributed by atoms with van der Waals surface area (Å²) in [7, 11) is 1.49. The Bertz CT molecular complexity index is 933. The number of amides is 2. The van der Waals surface area contributed by atoms with Crippen LogP contribution in [0.2, 0.25) is 0 Å². The third kappa shape index (κ3) is 5.40. The average Bonchev–Trinajstić information content (AvgIpc) is 3.60. The number of hydrazine groups is 1. The van der Waals surface area contributed by atoms with Gasteiger partial charge in [0.05, 0.1) is 13.7 Å². The van der Waals surface area contributed by atoms with Crippen molar-refractivity contribution in [3.05, 3.63) is 41.2 Å². The number of aliphatic hydroxyl groups is 3. The van der Waals surface area contributed by atoms with E-state index in [1.807, 2.05) is 0 Å². The van der Waals surface area contributed by atoms with E-state index in [2.05, 4.69) is 10.6 Å². The van der Waals surface area contributed by atoms with Crippen LogP contribution in [0.15, 0.2) is 35.7 Å². The van der Waals surface area contributed by atoms with Crippen molar-refractivity contribution in [1.29, 1.82) is 5.41 Å². The summed E-state index contributed by atoms with van der Waals surface area (Å²) in [6.07, 6.45) is -4.11. The van der Waals surface area contributed by atoms with Gasteiger partial charge in [-0.25, -0.2) is 10.9 Å². The first-order valence-corrected chi connectivity index (χ1v) is 10.2. The lowest BCUT2D eigenvalue weighted by Gasteiger charge is -2.27. The Morgan fingerprint density at radius 2 is 1.88 bits per heavy atom. The van der Waals surface area contributed by atoms with E-state index in [1.54, 1.807) is 12.1 Å². The van der Waals surface area contributed by atoms with Gasteiger partial charge in [-0.2, -0.15) is 0 Å². The van der Waals surface area contributed by atoms with Gasteiger partial charge in [0.25, 0.3) is 11.8 Å². The monoisotopic (exact) mass is 464 g/mol. The molecular formula is C20H28N6O7. The van der Waals surface area contributed by atoms with Gasteiger partial charge >= 0.3 is 0 Å². The summed E-state index contributed by atoms with van der Waals surface area (Å²) >= 11 is 0. The molecule has 0 bridgehead atoms. The van der Waals surface area contributed by atoms with E-state index in [0.29, 0.717) is 10.8 Å². The van der Waals surface area contributed by atoms with Gasteiger partial charge in [-0.05, 0) is 37.1 Å². The molecule has 13 heteroatoms. The van der Waals surface area contributed by atoms with Crippen molar-refractivity contribution in [3.63, 3.8) is 0 Å². The fourth-order valence-corrected chi connectivity index (χ4v) is 3.16. The molecule has 0 aromatic heterocycles. The number of nitrogens with two attached hydrogens (primary N) is 2. The summed E-state index contributed by atoms with van der Waals surface area (Å²) < 4.78 is 10.3. The Morgan fingerprint density at radius 1 is 1.24 bits per heavy atom. The third-order valence-corrected chi connectivity index (χ3v) is 5.29. The van der Waals surface area contributed by atoms with Gasteiger partial charge in [-0.1, -0.05) is 0 Å². The van der Waals surface area contributed by atoms with Gasteiger partial charge in [0.15, 0.2) is 12.1 Å². The molecule has 1 saturated carbocycles. The first-order chi connectivity index (χ1) is 15.7. The van der Waals surface area contributed by atoms with Crippen LogP contribution in [-0.4, -0.2) is 82.3 Å². The minimum atomic E-state index is -1.58. The smallest absolute Gasteiger partial charge is 0.288 e. The quantitative estimate of drug-likeness (QED) is 0.0503. The van der Waals surface area contributed by atoms with Crippen LogP contribution in [0.25, 0.3) is 0 Å². The van der Waals surface area contributed by atoms with Crippen molar-refractivity contribution in [2.24, 2.45) is 11.6 Å². The molecule has 13 nitrogen and oxygen atoms in total. The molecule has 3 rings (SSSR count). The largest absolute Gasteiger partial charge is 0.497 e. The fourth-order valence-electron chi connectivity index (χ4n) is 3.16. The molecule has 1 heterocycles. The number of carbonyl (C=O) groups is 2. The number of nitrogens with zero attached hydrogens (tertiary/aromatic N) is 1. The Morgan fingerprint density at radius 3 is 2.39 bits per heavy atom. The van der Waals surface area contributed by atoms with Crippen molar-refractivity contribution in [2.45, 2.75) is 43.4 Å². The normalized spacial score (nSPS) is 25.1. The number of rotatable bonds is 8. The van der Waals surface area contributed by atoms with E-state index in [4.69, 9.17) is 26.5 Å². The third-order valence-electron chi connectivity index (χ3n) is 5.29. The molecule has 33 heavy (non-hydrogen) atoms. The number of hydrogen-bond donors (Lipinski definition) is 8. The SMILES string of the molecule is COc1ccc(C(=O)NC(=N)/C(N)=C(\NC2CC2)C(=O)N(N)C2OC(CO)C(O)C2O)cc1. The van der Waals surface area contributed by atoms with Crippen molar-refractivity contribution < 1.29 is 34.4 Å². The molecule has 0 radical (unpaired) electrons. The molecule has 0 spiro atoms. The van der Waals surface area contributed by atoms with E-state index in [0.717, 1.165) is 12.8 Å². The predicted octanol–water partition coefficient (Wildman–Crippen LogP) is -2.53. The second-order valence-corrected chi connectivity index (χ2v) is 7.71. The molecule has 1 aromatic carbocycles. The Kier molecular flexibility index (Phi) is 7.50. The zero-order valence-corrected chi connectivity index (χ0v) is 17.9. The molecule has 180 valence electrons. The van der Waals surface area contributed by atoms with Crippen LogP contribution in [0.5, 0.6) is 5.75 Å². The summed E-state index contributed by atoms with van der Waals surface area (Å²) in [6.45, 7) is -0.593. The number of ether oxygens (including phenoxy) is 2. The van der Waals surface area contributed by atoms with Crippen LogP contribution in [0.1, 0.15) is 23.2 Å². The molecule has 2 fully saturated rings. The van der Waals surface area contributed by atoms with Crippen LogP contribution in [0.3, 0.4) is 0 Å². The van der Waals surface area contributed by atoms with Gasteiger partial charge < -0.3 is 41.2 Å². The Balaban J connectivity index is 1.77. The lowest BCUT2D eigenvalue weighted by Crippen LogP contribution is -2.54. The fraction of sp³-hybridized carbons (Fsp3) is 0.450. The number of aliphatic hydroxyl groups excluding tert-OH is 3. The number of amidine groups is 1. The van der Waals surface area contributed by atoms with Crippen LogP contribution >= 0.6 is 0 Å². The van der Waals surface area contributed by atoms with Gasteiger partial charge in [0.1, 0.15) is 35.5 Å². The van der Waals surface area contributed by atoms with E-state index in [1.165, 1.54) is 19.2 Å².